The van der Waals surface area contributed by atoms with E-state index in [-0.39, 0.29) is 0 Å². The van der Waals surface area contributed by atoms with Gasteiger partial charge in [-0.1, -0.05) is 34.6 Å². The summed E-state index contributed by atoms with van der Waals surface area (Å²) in [6.07, 6.45) is 6.85. The molecule has 4 fully saturated rings. The summed E-state index contributed by atoms with van der Waals surface area (Å²) >= 11 is 0. The molecule has 174 valence electrons. The Labute approximate surface area is 186 Å². The minimum Gasteiger partial charge on any atom is -0.381 e. The van der Waals surface area contributed by atoms with Crippen LogP contribution in [0.1, 0.15) is 66.7 Å². The Bertz CT molecular complexity index is 561. The third-order valence-corrected chi connectivity index (χ3v) is 8.97. The van der Waals surface area contributed by atoms with Crippen molar-refractivity contribution in [2.45, 2.75) is 72.8 Å². The van der Waals surface area contributed by atoms with Crippen molar-refractivity contribution in [2.75, 3.05) is 59.5 Å². The van der Waals surface area contributed by atoms with Crippen molar-refractivity contribution >= 4 is 0 Å². The van der Waals surface area contributed by atoms with Gasteiger partial charge in [-0.25, -0.2) is 0 Å². The van der Waals surface area contributed by atoms with E-state index < -0.39 is 0 Å². The Morgan fingerprint density at radius 1 is 1.00 bits per heavy atom. The lowest BCUT2D eigenvalue weighted by Gasteiger charge is -2.53. The molecule has 0 aromatic rings. The van der Waals surface area contributed by atoms with Crippen LogP contribution in [0.25, 0.3) is 0 Å². The van der Waals surface area contributed by atoms with Crippen LogP contribution in [0.3, 0.4) is 0 Å². The van der Waals surface area contributed by atoms with Crippen molar-refractivity contribution in [3.05, 3.63) is 0 Å². The number of piperidine rings is 2. The number of ether oxygens (including phenoxy) is 1. The highest BCUT2D eigenvalue weighted by atomic mass is 16.5. The minimum atomic E-state index is 0.419. The van der Waals surface area contributed by atoms with Gasteiger partial charge >= 0.3 is 0 Å². The molecule has 4 saturated heterocycles. The first-order valence-corrected chi connectivity index (χ1v) is 12.8. The van der Waals surface area contributed by atoms with Crippen molar-refractivity contribution in [3.63, 3.8) is 0 Å². The lowest BCUT2D eigenvalue weighted by molar-refractivity contribution is -0.119. The van der Waals surface area contributed by atoms with E-state index in [1.165, 1.54) is 71.4 Å². The first-order valence-electron chi connectivity index (χ1n) is 12.8. The summed E-state index contributed by atoms with van der Waals surface area (Å²) in [5.74, 6) is 2.29. The highest BCUT2D eigenvalue weighted by Crippen LogP contribution is 2.47. The molecule has 3 atom stereocenters. The van der Waals surface area contributed by atoms with Crippen LogP contribution < -0.4 is 5.32 Å². The van der Waals surface area contributed by atoms with Crippen LogP contribution in [-0.4, -0.2) is 75.4 Å². The van der Waals surface area contributed by atoms with Gasteiger partial charge in [0.1, 0.15) is 0 Å². The molecule has 1 N–H and O–H groups in total. The van der Waals surface area contributed by atoms with Crippen molar-refractivity contribution < 1.29 is 4.74 Å². The molecule has 3 unspecified atom stereocenters. The summed E-state index contributed by atoms with van der Waals surface area (Å²) in [5.41, 5.74) is 1.44. The number of rotatable bonds is 5. The van der Waals surface area contributed by atoms with E-state index in [4.69, 9.17) is 4.74 Å². The Morgan fingerprint density at radius 3 is 2.23 bits per heavy atom. The fourth-order valence-electron chi connectivity index (χ4n) is 7.60. The number of nitrogens with one attached hydrogen (secondary N) is 1. The monoisotopic (exact) mass is 419 g/mol. The van der Waals surface area contributed by atoms with Crippen molar-refractivity contribution in [2.24, 2.45) is 34.0 Å². The first-order chi connectivity index (χ1) is 14.1. The predicted molar refractivity (Wildman–Crippen MR) is 126 cm³/mol. The largest absolute Gasteiger partial charge is 0.381 e. The fraction of sp³-hybridized carbons (Fsp3) is 1.00. The summed E-state index contributed by atoms with van der Waals surface area (Å²) in [5, 5.41) is 3.88. The Kier molecular flexibility index (Phi) is 6.63. The molecule has 4 aliphatic heterocycles. The third-order valence-electron chi connectivity index (χ3n) is 8.97. The van der Waals surface area contributed by atoms with Gasteiger partial charge in [0.2, 0.25) is 0 Å². The van der Waals surface area contributed by atoms with Gasteiger partial charge in [-0.2, -0.15) is 0 Å². The van der Waals surface area contributed by atoms with Crippen molar-refractivity contribution in [3.8, 4) is 0 Å². The minimum absolute atomic E-state index is 0.419. The molecule has 0 saturated carbocycles. The van der Waals surface area contributed by atoms with E-state index in [9.17, 15) is 0 Å². The lowest BCUT2D eigenvalue weighted by Crippen LogP contribution is -2.56. The van der Waals surface area contributed by atoms with Gasteiger partial charge < -0.3 is 19.9 Å². The Hall–Kier alpha value is -0.160. The van der Waals surface area contributed by atoms with Crippen LogP contribution in [0.2, 0.25) is 0 Å². The van der Waals surface area contributed by atoms with E-state index >= 15 is 0 Å². The molecule has 0 aromatic heterocycles. The van der Waals surface area contributed by atoms with Gasteiger partial charge in [-0.3, -0.25) is 0 Å². The first kappa shape index (κ1) is 23.0. The standard InChI is InChI=1S/C26H49N3O/c1-24(2,3)13-22-14-26(19-27-22)8-11-29(12-9-26)10-7-25(4,5)23-20-15-28(6)16-21(23)18-30-17-20/h20-23,27H,7-19H2,1-6H3. The van der Waals surface area contributed by atoms with Crippen LogP contribution in [0, 0.1) is 34.0 Å². The smallest absolute Gasteiger partial charge is 0.0509 e. The molecule has 4 aliphatic rings. The number of hydrogen-bond acceptors (Lipinski definition) is 4. The van der Waals surface area contributed by atoms with Crippen LogP contribution in [0.5, 0.6) is 0 Å². The maximum atomic E-state index is 5.95. The van der Waals surface area contributed by atoms with Crippen LogP contribution >= 0.6 is 0 Å². The fourth-order valence-corrected chi connectivity index (χ4v) is 7.60. The molecule has 4 nitrogen and oxygen atoms in total. The molecule has 30 heavy (non-hydrogen) atoms. The summed E-state index contributed by atoms with van der Waals surface area (Å²) in [4.78, 5) is 5.32. The van der Waals surface area contributed by atoms with E-state index in [0.29, 0.717) is 16.2 Å². The second kappa shape index (κ2) is 8.65. The van der Waals surface area contributed by atoms with E-state index in [2.05, 4.69) is 56.8 Å². The van der Waals surface area contributed by atoms with E-state index in [1.54, 1.807) is 0 Å². The summed E-state index contributed by atoms with van der Waals surface area (Å²) in [6.45, 7) is 21.8. The van der Waals surface area contributed by atoms with Gasteiger partial charge in [0.05, 0.1) is 13.2 Å². The van der Waals surface area contributed by atoms with Crippen LogP contribution in [0.4, 0.5) is 0 Å². The number of fused-ring (bicyclic) bond motifs is 2. The number of hydrogen-bond donors (Lipinski definition) is 1. The van der Waals surface area contributed by atoms with E-state index in [0.717, 1.165) is 37.0 Å². The van der Waals surface area contributed by atoms with Crippen molar-refractivity contribution in [1.29, 1.82) is 0 Å². The molecule has 0 amide bonds. The third kappa shape index (κ3) is 5.24. The van der Waals surface area contributed by atoms with Gasteiger partial charge in [-0.05, 0) is 92.8 Å². The lowest BCUT2D eigenvalue weighted by atomic mass is 9.61. The summed E-state index contributed by atoms with van der Waals surface area (Å²) < 4.78 is 5.95. The molecule has 0 aromatic carbocycles. The maximum absolute atomic E-state index is 5.95. The molecule has 0 aliphatic carbocycles. The van der Waals surface area contributed by atoms with Crippen LogP contribution in [-0.2, 0) is 4.74 Å². The molecule has 1 spiro atoms. The van der Waals surface area contributed by atoms with Gasteiger partial charge in [0.15, 0.2) is 0 Å². The Balaban J connectivity index is 1.26. The molecule has 0 radical (unpaired) electrons. The zero-order valence-electron chi connectivity index (χ0n) is 20.8. The molecule has 2 bridgehead atoms. The topological polar surface area (TPSA) is 27.7 Å². The quantitative estimate of drug-likeness (QED) is 0.726. The normalized spacial score (nSPS) is 35.8. The average Bonchev–Trinajstić information content (AvgIpc) is 3.01. The summed E-state index contributed by atoms with van der Waals surface area (Å²) in [6, 6.07) is 0.738. The average molecular weight is 420 g/mol. The Morgan fingerprint density at radius 2 is 1.63 bits per heavy atom. The maximum Gasteiger partial charge on any atom is 0.0509 e. The SMILES string of the molecule is CN1CC2COCC(C1)C2C(C)(C)CCN1CCC2(CC1)CNC(CC(C)(C)C)C2. The highest BCUT2D eigenvalue weighted by Gasteiger charge is 2.47. The summed E-state index contributed by atoms with van der Waals surface area (Å²) in [7, 11) is 2.29. The molecular formula is C26H49N3O. The second-order valence-electron chi connectivity index (χ2n) is 13.4. The zero-order chi connectivity index (χ0) is 21.6. The highest BCUT2D eigenvalue weighted by molar-refractivity contribution is 4.99. The second-order valence-corrected chi connectivity index (χ2v) is 13.4. The zero-order valence-corrected chi connectivity index (χ0v) is 20.8. The van der Waals surface area contributed by atoms with Crippen LogP contribution in [0.15, 0.2) is 0 Å². The molecule has 4 heterocycles. The van der Waals surface area contributed by atoms with Gasteiger partial charge in [0.25, 0.3) is 0 Å². The van der Waals surface area contributed by atoms with Gasteiger partial charge in [-0.15, -0.1) is 0 Å². The van der Waals surface area contributed by atoms with E-state index in [1.807, 2.05) is 0 Å². The van der Waals surface area contributed by atoms with Gasteiger partial charge in [0, 0.05) is 25.7 Å². The molecule has 4 heteroatoms. The number of nitrogens with zero attached hydrogens (tertiary/aromatic N) is 2. The molecular weight excluding hydrogens is 370 g/mol. The number of likely N-dealkylation sites (tertiary alicyclic amines) is 2. The predicted octanol–water partition coefficient (Wildman–Crippen LogP) is 4.11. The van der Waals surface area contributed by atoms with Crippen molar-refractivity contribution in [1.82, 2.24) is 15.1 Å². The molecule has 4 rings (SSSR count).